The molecular weight excluding hydrogens is 240 g/mol. The van der Waals surface area contributed by atoms with Gasteiger partial charge < -0.3 is 9.94 Å². The van der Waals surface area contributed by atoms with Crippen LogP contribution in [0, 0.1) is 16.7 Å². The molecule has 1 rings (SSSR count). The van der Waals surface area contributed by atoms with Crippen LogP contribution in [0.5, 0.6) is 5.75 Å². The summed E-state index contributed by atoms with van der Waals surface area (Å²) in [7, 11) is 0. The fourth-order valence-electron chi connectivity index (χ4n) is 1.70. The lowest BCUT2D eigenvalue weighted by Gasteiger charge is -2.15. The summed E-state index contributed by atoms with van der Waals surface area (Å²) in [4.78, 5) is 0. The molecule has 1 N–H and O–H groups in total. The van der Waals surface area contributed by atoms with Gasteiger partial charge in [0.15, 0.2) is 0 Å². The summed E-state index contributed by atoms with van der Waals surface area (Å²) in [6.45, 7) is 6.11. The van der Waals surface area contributed by atoms with E-state index in [0.717, 1.165) is 18.4 Å². The number of nitriles is 1. The van der Waals surface area contributed by atoms with Gasteiger partial charge in [0.25, 0.3) is 0 Å². The van der Waals surface area contributed by atoms with Crippen LogP contribution in [0.15, 0.2) is 29.4 Å². The van der Waals surface area contributed by atoms with E-state index in [-0.39, 0.29) is 5.41 Å². The van der Waals surface area contributed by atoms with Crippen LogP contribution in [0.1, 0.15) is 39.2 Å². The smallest absolute Gasteiger partial charge is 0.128 e. The van der Waals surface area contributed by atoms with E-state index in [1.807, 2.05) is 38.1 Å². The minimum absolute atomic E-state index is 0.314. The van der Waals surface area contributed by atoms with Crippen LogP contribution in [0.2, 0.25) is 0 Å². The zero-order valence-corrected chi connectivity index (χ0v) is 11.7. The molecule has 0 fully saturated rings. The molecule has 4 nitrogen and oxygen atoms in total. The second-order valence-corrected chi connectivity index (χ2v) is 5.13. The molecule has 0 aromatic heterocycles. The average molecular weight is 260 g/mol. The second-order valence-electron chi connectivity index (χ2n) is 5.13. The molecule has 1 aromatic carbocycles. The summed E-state index contributed by atoms with van der Waals surface area (Å²) in [5.41, 5.74) is 0.989. The minimum Gasteiger partial charge on any atom is -0.493 e. The molecule has 0 aliphatic rings. The van der Waals surface area contributed by atoms with Crippen molar-refractivity contribution in [2.45, 2.75) is 33.6 Å². The van der Waals surface area contributed by atoms with Crippen LogP contribution in [0.4, 0.5) is 0 Å². The highest BCUT2D eigenvalue weighted by Crippen LogP contribution is 2.22. The van der Waals surface area contributed by atoms with Gasteiger partial charge in [-0.15, -0.1) is 0 Å². The molecule has 0 saturated heterocycles. The molecule has 0 heterocycles. The van der Waals surface area contributed by atoms with Gasteiger partial charge in [-0.2, -0.15) is 5.26 Å². The third-order valence-corrected chi connectivity index (χ3v) is 2.93. The first-order chi connectivity index (χ1) is 9.00. The lowest BCUT2D eigenvalue weighted by Crippen LogP contribution is -2.10. The molecule has 102 valence electrons. The van der Waals surface area contributed by atoms with E-state index in [1.165, 1.54) is 0 Å². The number of hydrogen-bond acceptors (Lipinski definition) is 4. The Morgan fingerprint density at radius 1 is 1.42 bits per heavy atom. The molecule has 19 heavy (non-hydrogen) atoms. The van der Waals surface area contributed by atoms with E-state index < -0.39 is 0 Å². The maximum absolute atomic E-state index is 8.92. The number of hydrogen-bond donors (Lipinski definition) is 1. The van der Waals surface area contributed by atoms with Gasteiger partial charge in [-0.05, 0) is 45.7 Å². The summed E-state index contributed by atoms with van der Waals surface area (Å²) in [5, 5.41) is 20.9. The van der Waals surface area contributed by atoms with Gasteiger partial charge in [-0.1, -0.05) is 17.3 Å². The standard InChI is InChI=1S/C15H20N2O2/c1-12(17-18)13-7-4-5-8-14(13)19-10-6-9-15(2,3)11-16/h4-5,7-8,18H,6,9-10H2,1-3H3. The predicted molar refractivity (Wildman–Crippen MR) is 74.6 cm³/mol. The Hall–Kier alpha value is -2.02. The Kier molecular flexibility index (Phi) is 5.37. The normalized spacial score (nSPS) is 12.0. The third kappa shape index (κ3) is 4.63. The SMILES string of the molecule is CC(=NO)c1ccccc1OCCCC(C)(C)C#N. The van der Waals surface area contributed by atoms with E-state index >= 15 is 0 Å². The van der Waals surface area contributed by atoms with E-state index in [2.05, 4.69) is 11.2 Å². The lowest BCUT2D eigenvalue weighted by atomic mass is 9.90. The molecule has 0 aliphatic carbocycles. The van der Waals surface area contributed by atoms with Crippen molar-refractivity contribution in [3.8, 4) is 11.8 Å². The van der Waals surface area contributed by atoms with Crippen molar-refractivity contribution in [2.24, 2.45) is 10.6 Å². The van der Waals surface area contributed by atoms with E-state index in [0.29, 0.717) is 18.1 Å². The second kappa shape index (κ2) is 6.79. The van der Waals surface area contributed by atoms with Crippen molar-refractivity contribution < 1.29 is 9.94 Å². The molecule has 0 radical (unpaired) electrons. The third-order valence-electron chi connectivity index (χ3n) is 2.93. The molecule has 0 atom stereocenters. The fourth-order valence-corrected chi connectivity index (χ4v) is 1.70. The number of oxime groups is 1. The quantitative estimate of drug-likeness (QED) is 0.368. The molecule has 4 heteroatoms. The molecule has 0 amide bonds. The molecule has 1 aromatic rings. The summed E-state index contributed by atoms with van der Waals surface area (Å²) in [5.74, 6) is 0.701. The number of nitrogens with zero attached hydrogens (tertiary/aromatic N) is 2. The van der Waals surface area contributed by atoms with Crippen LogP contribution in [0.25, 0.3) is 0 Å². The Balaban J connectivity index is 2.58. The van der Waals surface area contributed by atoms with Gasteiger partial charge in [0.1, 0.15) is 5.75 Å². The average Bonchev–Trinajstić information content (AvgIpc) is 2.43. The van der Waals surface area contributed by atoms with Gasteiger partial charge in [0, 0.05) is 5.56 Å². The summed E-state index contributed by atoms with van der Waals surface area (Å²) in [6.07, 6.45) is 1.60. The van der Waals surface area contributed by atoms with Crippen molar-refractivity contribution in [1.82, 2.24) is 0 Å². The first kappa shape index (κ1) is 15.0. The van der Waals surface area contributed by atoms with Gasteiger partial charge in [0.05, 0.1) is 23.8 Å². The van der Waals surface area contributed by atoms with Crippen molar-refractivity contribution in [1.29, 1.82) is 5.26 Å². The largest absolute Gasteiger partial charge is 0.493 e. The Morgan fingerprint density at radius 3 is 2.74 bits per heavy atom. The van der Waals surface area contributed by atoms with E-state index in [9.17, 15) is 0 Å². The molecule has 0 spiro atoms. The maximum Gasteiger partial charge on any atom is 0.128 e. The summed E-state index contributed by atoms with van der Waals surface area (Å²) >= 11 is 0. The van der Waals surface area contributed by atoms with E-state index in [1.54, 1.807) is 6.92 Å². The van der Waals surface area contributed by atoms with Gasteiger partial charge in [-0.25, -0.2) is 0 Å². The topological polar surface area (TPSA) is 65.6 Å². The van der Waals surface area contributed by atoms with Crippen molar-refractivity contribution in [3.05, 3.63) is 29.8 Å². The Bertz CT molecular complexity index is 487. The minimum atomic E-state index is -0.314. The highest BCUT2D eigenvalue weighted by atomic mass is 16.5. The Labute approximate surface area is 114 Å². The van der Waals surface area contributed by atoms with Crippen molar-refractivity contribution >= 4 is 5.71 Å². The first-order valence-corrected chi connectivity index (χ1v) is 6.32. The van der Waals surface area contributed by atoms with Crippen LogP contribution < -0.4 is 4.74 Å². The zero-order chi connectivity index (χ0) is 14.3. The van der Waals surface area contributed by atoms with Crippen LogP contribution in [-0.2, 0) is 0 Å². The number of benzene rings is 1. The summed E-state index contributed by atoms with van der Waals surface area (Å²) < 4.78 is 5.70. The molecule has 0 unspecified atom stereocenters. The van der Waals surface area contributed by atoms with E-state index in [4.69, 9.17) is 15.2 Å². The van der Waals surface area contributed by atoms with Crippen LogP contribution in [0.3, 0.4) is 0 Å². The summed E-state index contributed by atoms with van der Waals surface area (Å²) in [6, 6.07) is 9.72. The predicted octanol–water partition coefficient (Wildman–Crippen LogP) is 3.59. The molecule has 0 bridgehead atoms. The monoisotopic (exact) mass is 260 g/mol. The number of ether oxygens (including phenoxy) is 1. The molecule has 0 saturated carbocycles. The highest BCUT2D eigenvalue weighted by Gasteiger charge is 2.16. The van der Waals surface area contributed by atoms with Gasteiger partial charge >= 0.3 is 0 Å². The zero-order valence-electron chi connectivity index (χ0n) is 11.7. The molecular formula is C15H20N2O2. The Morgan fingerprint density at radius 2 is 2.11 bits per heavy atom. The molecule has 0 aliphatic heterocycles. The first-order valence-electron chi connectivity index (χ1n) is 6.32. The van der Waals surface area contributed by atoms with Crippen molar-refractivity contribution in [3.63, 3.8) is 0 Å². The van der Waals surface area contributed by atoms with Crippen molar-refractivity contribution in [2.75, 3.05) is 6.61 Å². The highest BCUT2D eigenvalue weighted by molar-refractivity contribution is 6.00. The van der Waals surface area contributed by atoms with Gasteiger partial charge in [-0.3, -0.25) is 0 Å². The maximum atomic E-state index is 8.92. The van der Waals surface area contributed by atoms with Gasteiger partial charge in [0.2, 0.25) is 0 Å². The number of rotatable bonds is 6. The fraction of sp³-hybridized carbons (Fsp3) is 0.467. The number of para-hydroxylation sites is 1. The van der Waals surface area contributed by atoms with Crippen LogP contribution >= 0.6 is 0 Å². The van der Waals surface area contributed by atoms with Crippen LogP contribution in [-0.4, -0.2) is 17.5 Å². The lowest BCUT2D eigenvalue weighted by molar-refractivity contribution is 0.283.